The Kier molecular flexibility index (Phi) is 5.13. The summed E-state index contributed by atoms with van der Waals surface area (Å²) in [5.41, 5.74) is 1.21. The van der Waals surface area contributed by atoms with Gasteiger partial charge < -0.3 is 14.4 Å². The van der Waals surface area contributed by atoms with Crippen molar-refractivity contribution in [3.8, 4) is 11.5 Å². The Morgan fingerprint density at radius 2 is 2.12 bits per heavy atom. The van der Waals surface area contributed by atoms with E-state index in [-0.39, 0.29) is 11.9 Å². The van der Waals surface area contributed by atoms with Crippen LogP contribution < -0.4 is 9.47 Å². The van der Waals surface area contributed by atoms with Gasteiger partial charge in [-0.05, 0) is 48.5 Å². The van der Waals surface area contributed by atoms with Gasteiger partial charge in [-0.15, -0.1) is 11.3 Å². The molecule has 1 unspecified atom stereocenters. The smallest absolute Gasteiger partial charge is 0.236 e. The Balaban J connectivity index is 1.42. The molecule has 1 fully saturated rings. The summed E-state index contributed by atoms with van der Waals surface area (Å²) in [5, 5.41) is 2.05. The molecule has 0 radical (unpaired) electrons. The highest BCUT2D eigenvalue weighted by atomic mass is 32.1. The quantitative estimate of drug-likeness (QED) is 0.808. The first kappa shape index (κ1) is 17.4. The van der Waals surface area contributed by atoms with E-state index in [1.165, 1.54) is 10.4 Å². The van der Waals surface area contributed by atoms with Crippen LogP contribution in [0.4, 0.5) is 0 Å². The van der Waals surface area contributed by atoms with Crippen molar-refractivity contribution in [2.45, 2.75) is 25.4 Å². The van der Waals surface area contributed by atoms with Gasteiger partial charge >= 0.3 is 0 Å². The second kappa shape index (κ2) is 7.68. The van der Waals surface area contributed by atoms with E-state index >= 15 is 0 Å². The molecule has 0 N–H and O–H groups in total. The van der Waals surface area contributed by atoms with Gasteiger partial charge in [0.25, 0.3) is 0 Å². The summed E-state index contributed by atoms with van der Waals surface area (Å²) >= 11 is 1.69. The van der Waals surface area contributed by atoms with E-state index in [9.17, 15) is 4.79 Å². The highest BCUT2D eigenvalue weighted by Crippen LogP contribution is 2.37. The van der Waals surface area contributed by atoms with Crippen LogP contribution in [0.15, 0.2) is 35.7 Å². The number of ether oxygens (including phenoxy) is 2. The number of hydrogen-bond acceptors (Lipinski definition) is 5. The number of likely N-dealkylation sites (tertiary alicyclic amines) is 1. The van der Waals surface area contributed by atoms with Crippen LogP contribution in [0.2, 0.25) is 0 Å². The van der Waals surface area contributed by atoms with Gasteiger partial charge in [-0.25, -0.2) is 0 Å². The van der Waals surface area contributed by atoms with E-state index in [1.807, 2.05) is 29.5 Å². The van der Waals surface area contributed by atoms with E-state index in [4.69, 9.17) is 9.47 Å². The summed E-state index contributed by atoms with van der Waals surface area (Å²) in [6.07, 6.45) is 2.18. The molecular formula is C20H24N2O3S. The summed E-state index contributed by atoms with van der Waals surface area (Å²) in [6, 6.07) is 10.5. The van der Waals surface area contributed by atoms with Gasteiger partial charge in [0.05, 0.1) is 13.1 Å². The van der Waals surface area contributed by atoms with Crippen LogP contribution in [0.1, 0.15) is 29.3 Å². The highest BCUT2D eigenvalue weighted by Gasteiger charge is 2.29. The molecule has 1 aromatic carbocycles. The minimum absolute atomic E-state index is 0.169. The third-order valence-corrected chi connectivity index (χ3v) is 5.91. The minimum Gasteiger partial charge on any atom is -0.486 e. The van der Waals surface area contributed by atoms with Crippen molar-refractivity contribution in [3.05, 3.63) is 46.2 Å². The Hall–Kier alpha value is -2.05. The standard InChI is InChI=1S/C20H24N2O3S/c1-21(13-16-4-3-11-26-16)20(23)14-22-8-2-5-17(22)15-6-7-18-19(12-15)25-10-9-24-18/h3-4,6-7,11-12,17H,2,5,8-10,13-14H2,1H3. The molecule has 3 heterocycles. The maximum Gasteiger partial charge on any atom is 0.236 e. The number of carbonyl (C=O) groups is 1. The molecule has 1 amide bonds. The molecule has 2 aliphatic rings. The number of rotatable bonds is 5. The summed E-state index contributed by atoms with van der Waals surface area (Å²) in [4.78, 5) is 18.0. The first-order valence-electron chi connectivity index (χ1n) is 9.10. The third-order valence-electron chi connectivity index (χ3n) is 5.05. The van der Waals surface area contributed by atoms with Crippen LogP contribution in [0.3, 0.4) is 0 Å². The predicted octanol–water partition coefficient (Wildman–Crippen LogP) is 3.31. The molecule has 138 valence electrons. The molecule has 1 saturated heterocycles. The number of carbonyl (C=O) groups excluding carboxylic acids is 1. The number of hydrogen-bond donors (Lipinski definition) is 0. The van der Waals surface area contributed by atoms with E-state index in [0.29, 0.717) is 26.3 Å². The molecule has 4 rings (SSSR count). The van der Waals surface area contributed by atoms with Crippen LogP contribution in [0, 0.1) is 0 Å². The topological polar surface area (TPSA) is 42.0 Å². The fraction of sp³-hybridized carbons (Fsp3) is 0.450. The molecule has 2 aliphatic heterocycles. The largest absolute Gasteiger partial charge is 0.486 e. The molecule has 0 saturated carbocycles. The SMILES string of the molecule is CN(Cc1cccs1)C(=O)CN1CCCC1c1ccc2c(c1)OCCO2. The lowest BCUT2D eigenvalue weighted by Gasteiger charge is -2.27. The van der Waals surface area contributed by atoms with Crippen LogP contribution in [-0.2, 0) is 11.3 Å². The Bertz CT molecular complexity index is 762. The molecule has 1 atom stereocenters. The van der Waals surface area contributed by atoms with Crippen molar-refractivity contribution in [3.63, 3.8) is 0 Å². The number of fused-ring (bicyclic) bond motifs is 1. The molecular weight excluding hydrogens is 348 g/mol. The summed E-state index contributed by atoms with van der Waals surface area (Å²) in [5.74, 6) is 1.81. The minimum atomic E-state index is 0.169. The average Bonchev–Trinajstić information content (AvgIpc) is 3.33. The average molecular weight is 372 g/mol. The lowest BCUT2D eigenvalue weighted by atomic mass is 10.0. The monoisotopic (exact) mass is 372 g/mol. The van der Waals surface area contributed by atoms with Crippen molar-refractivity contribution < 1.29 is 14.3 Å². The molecule has 5 nitrogen and oxygen atoms in total. The molecule has 0 bridgehead atoms. The number of thiophene rings is 1. The van der Waals surface area contributed by atoms with E-state index in [1.54, 1.807) is 11.3 Å². The zero-order chi connectivity index (χ0) is 17.9. The van der Waals surface area contributed by atoms with Crippen molar-refractivity contribution in [2.75, 3.05) is 33.4 Å². The second-order valence-corrected chi connectivity index (χ2v) is 7.89. The zero-order valence-electron chi connectivity index (χ0n) is 15.0. The van der Waals surface area contributed by atoms with Crippen LogP contribution >= 0.6 is 11.3 Å². The first-order chi connectivity index (χ1) is 12.7. The Morgan fingerprint density at radius 1 is 1.27 bits per heavy atom. The lowest BCUT2D eigenvalue weighted by Crippen LogP contribution is -2.37. The molecule has 1 aromatic heterocycles. The Morgan fingerprint density at radius 3 is 2.92 bits per heavy atom. The van der Waals surface area contributed by atoms with Gasteiger partial charge in [0.2, 0.25) is 5.91 Å². The van der Waals surface area contributed by atoms with Crippen LogP contribution in [-0.4, -0.2) is 49.1 Å². The summed E-state index contributed by atoms with van der Waals surface area (Å²) in [6.45, 7) is 3.29. The van der Waals surface area contributed by atoms with Gasteiger partial charge in [-0.1, -0.05) is 12.1 Å². The van der Waals surface area contributed by atoms with E-state index in [2.05, 4.69) is 23.1 Å². The van der Waals surface area contributed by atoms with Crippen LogP contribution in [0.25, 0.3) is 0 Å². The number of amides is 1. The van der Waals surface area contributed by atoms with Gasteiger partial charge in [0, 0.05) is 18.0 Å². The maximum absolute atomic E-state index is 12.7. The van der Waals surface area contributed by atoms with Crippen molar-refractivity contribution in [2.24, 2.45) is 0 Å². The van der Waals surface area contributed by atoms with Gasteiger partial charge in [0.15, 0.2) is 11.5 Å². The first-order valence-corrected chi connectivity index (χ1v) is 9.98. The molecule has 0 spiro atoms. The van der Waals surface area contributed by atoms with Gasteiger partial charge in [-0.2, -0.15) is 0 Å². The molecule has 26 heavy (non-hydrogen) atoms. The van der Waals surface area contributed by atoms with Crippen LogP contribution in [0.5, 0.6) is 11.5 Å². The predicted molar refractivity (Wildman–Crippen MR) is 102 cm³/mol. The summed E-state index contributed by atoms with van der Waals surface area (Å²) < 4.78 is 11.3. The summed E-state index contributed by atoms with van der Waals surface area (Å²) in [7, 11) is 1.89. The van der Waals surface area contributed by atoms with E-state index < -0.39 is 0 Å². The van der Waals surface area contributed by atoms with Crippen molar-refractivity contribution in [1.29, 1.82) is 0 Å². The zero-order valence-corrected chi connectivity index (χ0v) is 15.8. The van der Waals surface area contributed by atoms with Gasteiger partial charge in [0.1, 0.15) is 13.2 Å². The number of nitrogens with zero attached hydrogens (tertiary/aromatic N) is 2. The Labute approximate surface area is 158 Å². The van der Waals surface area contributed by atoms with Crippen molar-refractivity contribution >= 4 is 17.2 Å². The highest BCUT2D eigenvalue weighted by molar-refractivity contribution is 7.09. The van der Waals surface area contributed by atoms with Crippen molar-refractivity contribution in [1.82, 2.24) is 9.80 Å². The van der Waals surface area contributed by atoms with Gasteiger partial charge in [-0.3, -0.25) is 9.69 Å². The normalized spacial score (nSPS) is 19.5. The number of likely N-dealkylation sites (N-methyl/N-ethyl adjacent to an activating group) is 1. The fourth-order valence-electron chi connectivity index (χ4n) is 3.68. The third kappa shape index (κ3) is 3.71. The second-order valence-electron chi connectivity index (χ2n) is 6.86. The van der Waals surface area contributed by atoms with E-state index in [0.717, 1.165) is 30.9 Å². The molecule has 6 heteroatoms. The maximum atomic E-state index is 12.7. The molecule has 2 aromatic rings. The number of benzene rings is 1. The molecule has 0 aliphatic carbocycles. The fourth-order valence-corrected chi connectivity index (χ4v) is 4.44. The lowest BCUT2D eigenvalue weighted by molar-refractivity contribution is -0.131.